The number of thiazole rings is 1. The summed E-state index contributed by atoms with van der Waals surface area (Å²) in [4.78, 5) is 28.7. The summed E-state index contributed by atoms with van der Waals surface area (Å²) in [5.74, 6) is -0.873. The van der Waals surface area contributed by atoms with Crippen molar-refractivity contribution in [2.75, 3.05) is 5.32 Å². The van der Waals surface area contributed by atoms with Gasteiger partial charge in [0.05, 0.1) is 17.1 Å². The van der Waals surface area contributed by atoms with Crippen LogP contribution in [0.5, 0.6) is 0 Å². The summed E-state index contributed by atoms with van der Waals surface area (Å²) in [6, 6.07) is 0. The largest absolute Gasteiger partial charge is 0.480 e. The lowest BCUT2D eigenvalue weighted by Gasteiger charge is -2.24. The number of nitrogens with zero attached hydrogens (tertiary/aromatic N) is 4. The van der Waals surface area contributed by atoms with E-state index in [0.29, 0.717) is 5.82 Å². The first kappa shape index (κ1) is 14.9. The fourth-order valence-corrected chi connectivity index (χ4v) is 4.19. The molecule has 2 N–H and O–H groups in total. The highest BCUT2D eigenvalue weighted by molar-refractivity contribution is 7.15. The molecule has 0 saturated heterocycles. The number of carbonyl (C=O) groups is 2. The molecule has 4 heterocycles. The molecule has 0 unspecified atom stereocenters. The van der Waals surface area contributed by atoms with Gasteiger partial charge in [0.15, 0.2) is 4.96 Å². The van der Waals surface area contributed by atoms with Crippen LogP contribution in [-0.2, 0) is 16.1 Å². The van der Waals surface area contributed by atoms with Crippen LogP contribution in [0.3, 0.4) is 0 Å². The quantitative estimate of drug-likeness (QED) is 0.753. The normalized spacial score (nSPS) is 17.1. The highest BCUT2D eigenvalue weighted by Crippen LogP contribution is 2.40. The van der Waals surface area contributed by atoms with Gasteiger partial charge in [0.1, 0.15) is 12.4 Å². The second-order valence-corrected chi connectivity index (χ2v) is 6.72. The monoisotopic (exact) mass is 345 g/mol. The first-order valence-electron chi connectivity index (χ1n) is 7.46. The number of imidazole rings is 1. The first-order chi connectivity index (χ1) is 11.5. The van der Waals surface area contributed by atoms with E-state index in [1.807, 2.05) is 29.8 Å². The summed E-state index contributed by atoms with van der Waals surface area (Å²) < 4.78 is 3.35. The molecule has 9 heteroatoms. The van der Waals surface area contributed by atoms with Crippen molar-refractivity contribution in [3.05, 3.63) is 34.2 Å². The minimum Gasteiger partial charge on any atom is -0.480 e. The van der Waals surface area contributed by atoms with Crippen molar-refractivity contribution in [3.8, 4) is 0 Å². The van der Waals surface area contributed by atoms with Crippen LogP contribution < -0.4 is 5.32 Å². The zero-order valence-corrected chi connectivity index (χ0v) is 13.9. The number of carboxylic acid groups (broad SMARTS) is 1. The molecule has 124 valence electrons. The Morgan fingerprint density at radius 2 is 2.25 bits per heavy atom. The Bertz CT molecular complexity index is 983. The van der Waals surface area contributed by atoms with Gasteiger partial charge in [-0.05, 0) is 13.8 Å². The summed E-state index contributed by atoms with van der Waals surface area (Å²) in [5, 5.41) is 18.1. The van der Waals surface area contributed by atoms with Gasteiger partial charge in [-0.1, -0.05) is 0 Å². The predicted molar refractivity (Wildman–Crippen MR) is 87.5 cm³/mol. The average Bonchev–Trinajstić information content (AvgIpc) is 3.12. The third kappa shape index (κ3) is 2.12. The number of anilines is 1. The van der Waals surface area contributed by atoms with Crippen molar-refractivity contribution in [3.63, 3.8) is 0 Å². The Balaban J connectivity index is 1.92. The van der Waals surface area contributed by atoms with Gasteiger partial charge in [-0.15, -0.1) is 11.3 Å². The topological polar surface area (TPSA) is 102 Å². The van der Waals surface area contributed by atoms with Gasteiger partial charge in [-0.3, -0.25) is 14.0 Å². The molecule has 1 atom stereocenters. The number of amides is 1. The van der Waals surface area contributed by atoms with Crippen LogP contribution in [0.25, 0.3) is 4.96 Å². The zero-order chi connectivity index (χ0) is 17.0. The number of nitrogens with one attached hydrogen (secondary N) is 1. The molecular formula is C15H15N5O3S. The van der Waals surface area contributed by atoms with Crippen molar-refractivity contribution in [1.29, 1.82) is 0 Å². The summed E-state index contributed by atoms with van der Waals surface area (Å²) in [6.07, 6.45) is 2.23. The SMILES string of the molecule is Cc1nn(CC(=O)O)c2c1[C@H](c1c(C)nc3sccn13)CC(=O)N2. The number of aromatic nitrogens is 4. The summed E-state index contributed by atoms with van der Waals surface area (Å²) in [6.45, 7) is 3.48. The minimum atomic E-state index is -1.00. The molecule has 1 aliphatic heterocycles. The van der Waals surface area contributed by atoms with Gasteiger partial charge in [-0.2, -0.15) is 5.10 Å². The Morgan fingerprint density at radius 1 is 1.46 bits per heavy atom. The lowest BCUT2D eigenvalue weighted by Crippen LogP contribution is -2.26. The van der Waals surface area contributed by atoms with E-state index in [9.17, 15) is 9.59 Å². The van der Waals surface area contributed by atoms with Crippen molar-refractivity contribution < 1.29 is 14.7 Å². The van der Waals surface area contributed by atoms with Gasteiger partial charge in [0.2, 0.25) is 5.91 Å². The molecule has 3 aromatic rings. The fourth-order valence-electron chi connectivity index (χ4n) is 3.42. The number of carboxylic acids is 1. The third-order valence-corrected chi connectivity index (χ3v) is 5.02. The van der Waals surface area contributed by atoms with Crippen LogP contribution in [-0.4, -0.2) is 36.1 Å². The molecule has 0 saturated carbocycles. The summed E-state index contributed by atoms with van der Waals surface area (Å²) >= 11 is 1.54. The molecular weight excluding hydrogens is 330 g/mol. The van der Waals surface area contributed by atoms with E-state index in [-0.39, 0.29) is 24.8 Å². The molecule has 1 amide bonds. The second-order valence-electron chi connectivity index (χ2n) is 5.84. The Hall–Kier alpha value is -2.68. The predicted octanol–water partition coefficient (Wildman–Crippen LogP) is 1.77. The van der Waals surface area contributed by atoms with E-state index in [1.165, 1.54) is 16.0 Å². The van der Waals surface area contributed by atoms with Crippen molar-refractivity contribution in [2.24, 2.45) is 0 Å². The maximum absolute atomic E-state index is 12.2. The zero-order valence-electron chi connectivity index (χ0n) is 13.1. The number of rotatable bonds is 3. The number of hydrogen-bond acceptors (Lipinski definition) is 5. The number of hydrogen-bond donors (Lipinski definition) is 2. The standard InChI is InChI=1S/C15H15N5O3S/c1-7-12-9(13-8(2)16-15-19(13)3-4-24-15)5-10(21)17-14(12)20(18-7)6-11(22)23/h3-4,9H,5-6H2,1-2H3,(H,17,21)(H,22,23)/t9-/m1/s1. The Labute approximate surface area is 140 Å². The maximum Gasteiger partial charge on any atom is 0.325 e. The third-order valence-electron chi connectivity index (χ3n) is 4.27. The van der Waals surface area contributed by atoms with E-state index in [1.54, 1.807) is 0 Å². The van der Waals surface area contributed by atoms with Crippen LogP contribution >= 0.6 is 11.3 Å². The highest BCUT2D eigenvalue weighted by Gasteiger charge is 2.35. The van der Waals surface area contributed by atoms with Crippen LogP contribution in [0, 0.1) is 13.8 Å². The molecule has 0 fully saturated rings. The minimum absolute atomic E-state index is 0.149. The van der Waals surface area contributed by atoms with Crippen LogP contribution in [0.15, 0.2) is 11.6 Å². The van der Waals surface area contributed by atoms with Crippen LogP contribution in [0.1, 0.15) is 35.0 Å². The van der Waals surface area contributed by atoms with Gasteiger partial charge >= 0.3 is 5.97 Å². The molecule has 0 bridgehead atoms. The van der Waals surface area contributed by atoms with Gasteiger partial charge in [-0.25, -0.2) is 9.67 Å². The lowest BCUT2D eigenvalue weighted by atomic mass is 9.88. The Kier molecular flexibility index (Phi) is 3.20. The average molecular weight is 345 g/mol. The molecule has 0 radical (unpaired) electrons. The highest BCUT2D eigenvalue weighted by atomic mass is 32.1. The molecule has 0 spiro atoms. The van der Waals surface area contributed by atoms with Crippen molar-refractivity contribution in [1.82, 2.24) is 19.2 Å². The number of carbonyl (C=O) groups excluding carboxylic acids is 1. The van der Waals surface area contributed by atoms with E-state index in [0.717, 1.165) is 27.6 Å². The van der Waals surface area contributed by atoms with Gasteiger partial charge in [0.25, 0.3) is 0 Å². The summed E-state index contributed by atoms with van der Waals surface area (Å²) in [5.41, 5.74) is 3.42. The van der Waals surface area contributed by atoms with Crippen LogP contribution in [0.2, 0.25) is 0 Å². The first-order valence-corrected chi connectivity index (χ1v) is 8.34. The number of aliphatic carboxylic acids is 1. The summed E-state index contributed by atoms with van der Waals surface area (Å²) in [7, 11) is 0. The van der Waals surface area contributed by atoms with E-state index < -0.39 is 5.97 Å². The lowest BCUT2D eigenvalue weighted by molar-refractivity contribution is -0.137. The molecule has 24 heavy (non-hydrogen) atoms. The van der Waals surface area contributed by atoms with Gasteiger partial charge < -0.3 is 10.4 Å². The smallest absolute Gasteiger partial charge is 0.325 e. The van der Waals surface area contributed by atoms with Crippen LogP contribution in [0.4, 0.5) is 5.82 Å². The molecule has 1 aliphatic rings. The van der Waals surface area contributed by atoms with E-state index >= 15 is 0 Å². The molecule has 3 aromatic heterocycles. The van der Waals surface area contributed by atoms with Gasteiger partial charge in [0, 0.05) is 29.5 Å². The second kappa shape index (κ2) is 5.17. The maximum atomic E-state index is 12.2. The molecule has 0 aromatic carbocycles. The fraction of sp³-hybridized carbons (Fsp3) is 0.333. The molecule has 4 rings (SSSR count). The van der Waals surface area contributed by atoms with Crippen molar-refractivity contribution in [2.45, 2.75) is 32.7 Å². The molecule has 0 aliphatic carbocycles. The van der Waals surface area contributed by atoms with Crippen molar-refractivity contribution >= 4 is 34.0 Å². The van der Waals surface area contributed by atoms with E-state index in [2.05, 4.69) is 15.4 Å². The molecule has 8 nitrogen and oxygen atoms in total. The Morgan fingerprint density at radius 3 is 3.00 bits per heavy atom. The number of aryl methyl sites for hydroxylation is 2. The van der Waals surface area contributed by atoms with E-state index in [4.69, 9.17) is 5.11 Å². The number of fused-ring (bicyclic) bond motifs is 2.